The second-order valence-corrected chi connectivity index (χ2v) is 4.36. The van der Waals surface area contributed by atoms with Gasteiger partial charge in [-0.25, -0.2) is 0 Å². The minimum atomic E-state index is 0.822. The molecule has 0 spiro atoms. The fourth-order valence-electron chi connectivity index (χ4n) is 1.52. The number of aromatic nitrogens is 1. The molecule has 1 aromatic rings. The van der Waals surface area contributed by atoms with Crippen LogP contribution in [0.4, 0.5) is 0 Å². The van der Waals surface area contributed by atoms with Gasteiger partial charge in [0.05, 0.1) is 0 Å². The Morgan fingerprint density at radius 3 is 2.80 bits per heavy atom. The molecule has 0 unspecified atom stereocenters. The van der Waals surface area contributed by atoms with E-state index in [-0.39, 0.29) is 0 Å². The smallest absolute Gasteiger partial charge is 0.0416 e. The normalized spacial score (nSPS) is 10.9. The average Bonchev–Trinajstić information content (AvgIpc) is 2.24. The molecule has 1 heterocycles. The molecule has 0 aliphatic carbocycles. The SMILES string of the molecule is CC(C)CCCNCCc1ccccn1. The molecule has 0 radical (unpaired) electrons. The van der Waals surface area contributed by atoms with Crippen molar-refractivity contribution in [2.75, 3.05) is 13.1 Å². The zero-order valence-corrected chi connectivity index (χ0v) is 9.87. The Bertz CT molecular complexity index is 244. The molecule has 15 heavy (non-hydrogen) atoms. The van der Waals surface area contributed by atoms with E-state index in [1.807, 2.05) is 18.3 Å². The number of pyridine rings is 1. The number of nitrogens with zero attached hydrogens (tertiary/aromatic N) is 1. The Hall–Kier alpha value is -0.890. The Morgan fingerprint density at radius 1 is 1.27 bits per heavy atom. The monoisotopic (exact) mass is 206 g/mol. The predicted octanol–water partition coefficient (Wildman–Crippen LogP) is 2.65. The molecule has 0 fully saturated rings. The highest BCUT2D eigenvalue weighted by molar-refractivity contribution is 5.03. The van der Waals surface area contributed by atoms with E-state index in [0.717, 1.165) is 25.4 Å². The summed E-state index contributed by atoms with van der Waals surface area (Å²) in [6, 6.07) is 6.08. The maximum Gasteiger partial charge on any atom is 0.0416 e. The summed E-state index contributed by atoms with van der Waals surface area (Å²) in [7, 11) is 0. The first-order valence-electron chi connectivity index (χ1n) is 5.89. The van der Waals surface area contributed by atoms with Gasteiger partial charge in [-0.1, -0.05) is 19.9 Å². The number of hydrogen-bond donors (Lipinski definition) is 1. The molecule has 0 aromatic carbocycles. The predicted molar refractivity (Wildman–Crippen MR) is 64.9 cm³/mol. The van der Waals surface area contributed by atoms with Crippen LogP contribution < -0.4 is 5.32 Å². The van der Waals surface area contributed by atoms with Gasteiger partial charge in [-0.3, -0.25) is 4.98 Å². The Labute approximate surface area is 93.1 Å². The minimum absolute atomic E-state index is 0.822. The lowest BCUT2D eigenvalue weighted by Gasteiger charge is -2.06. The summed E-state index contributed by atoms with van der Waals surface area (Å²) in [6.45, 7) is 6.71. The Balaban J connectivity index is 1.98. The number of nitrogens with one attached hydrogen (secondary N) is 1. The second kappa shape index (κ2) is 7.41. The van der Waals surface area contributed by atoms with Crippen molar-refractivity contribution < 1.29 is 0 Å². The second-order valence-electron chi connectivity index (χ2n) is 4.36. The van der Waals surface area contributed by atoms with E-state index in [2.05, 4.69) is 30.2 Å². The number of rotatable bonds is 7. The molecule has 0 saturated carbocycles. The summed E-state index contributed by atoms with van der Waals surface area (Å²) in [5.41, 5.74) is 1.17. The van der Waals surface area contributed by atoms with Crippen molar-refractivity contribution in [2.24, 2.45) is 5.92 Å². The molecule has 0 saturated heterocycles. The van der Waals surface area contributed by atoms with Crippen LogP contribution in [0, 0.1) is 5.92 Å². The van der Waals surface area contributed by atoms with E-state index in [9.17, 15) is 0 Å². The zero-order chi connectivity index (χ0) is 10.9. The summed E-state index contributed by atoms with van der Waals surface area (Å²) in [6.07, 6.45) is 5.48. The van der Waals surface area contributed by atoms with Crippen molar-refractivity contribution in [3.63, 3.8) is 0 Å². The third-order valence-electron chi connectivity index (χ3n) is 2.42. The lowest BCUT2D eigenvalue weighted by molar-refractivity contribution is 0.528. The lowest BCUT2D eigenvalue weighted by atomic mass is 10.1. The van der Waals surface area contributed by atoms with Gasteiger partial charge in [0.15, 0.2) is 0 Å². The first-order valence-corrected chi connectivity index (χ1v) is 5.89. The molecule has 0 aliphatic heterocycles. The molecule has 1 N–H and O–H groups in total. The minimum Gasteiger partial charge on any atom is -0.316 e. The highest BCUT2D eigenvalue weighted by atomic mass is 14.8. The molecule has 0 aliphatic rings. The van der Waals surface area contributed by atoms with Crippen molar-refractivity contribution in [1.82, 2.24) is 10.3 Å². The summed E-state index contributed by atoms with van der Waals surface area (Å²) in [4.78, 5) is 4.28. The molecule has 0 amide bonds. The van der Waals surface area contributed by atoms with E-state index in [1.54, 1.807) is 0 Å². The third kappa shape index (κ3) is 6.24. The summed E-state index contributed by atoms with van der Waals surface area (Å²) in [5, 5.41) is 3.45. The van der Waals surface area contributed by atoms with Gasteiger partial charge in [0.1, 0.15) is 0 Å². The molecule has 1 aromatic heterocycles. The van der Waals surface area contributed by atoms with Crippen LogP contribution in [0.25, 0.3) is 0 Å². The van der Waals surface area contributed by atoms with Crippen molar-refractivity contribution in [2.45, 2.75) is 33.1 Å². The van der Waals surface area contributed by atoms with Gasteiger partial charge in [-0.15, -0.1) is 0 Å². The highest BCUT2D eigenvalue weighted by Gasteiger charge is 1.94. The van der Waals surface area contributed by atoms with Crippen LogP contribution in [0.5, 0.6) is 0 Å². The van der Waals surface area contributed by atoms with Crippen LogP contribution in [0.2, 0.25) is 0 Å². The first-order chi connectivity index (χ1) is 7.29. The van der Waals surface area contributed by atoms with Gasteiger partial charge in [-0.2, -0.15) is 0 Å². The van der Waals surface area contributed by atoms with Gasteiger partial charge in [0.2, 0.25) is 0 Å². The molecular formula is C13H22N2. The quantitative estimate of drug-likeness (QED) is 0.694. The summed E-state index contributed by atoms with van der Waals surface area (Å²) >= 11 is 0. The van der Waals surface area contributed by atoms with Crippen molar-refractivity contribution in [3.8, 4) is 0 Å². The van der Waals surface area contributed by atoms with E-state index in [1.165, 1.54) is 18.5 Å². The molecule has 0 bridgehead atoms. The van der Waals surface area contributed by atoms with Crippen LogP contribution in [0.1, 0.15) is 32.4 Å². The van der Waals surface area contributed by atoms with Crippen LogP contribution in [-0.4, -0.2) is 18.1 Å². The largest absolute Gasteiger partial charge is 0.316 e. The lowest BCUT2D eigenvalue weighted by Crippen LogP contribution is -2.19. The van der Waals surface area contributed by atoms with Gasteiger partial charge in [0, 0.05) is 24.9 Å². The van der Waals surface area contributed by atoms with Gasteiger partial charge in [-0.05, 0) is 37.4 Å². The molecule has 1 rings (SSSR count). The summed E-state index contributed by atoms with van der Waals surface area (Å²) < 4.78 is 0. The third-order valence-corrected chi connectivity index (χ3v) is 2.42. The Morgan fingerprint density at radius 2 is 2.13 bits per heavy atom. The van der Waals surface area contributed by atoms with Crippen molar-refractivity contribution in [3.05, 3.63) is 30.1 Å². The molecule has 2 heteroatoms. The molecule has 0 atom stereocenters. The van der Waals surface area contributed by atoms with Crippen molar-refractivity contribution in [1.29, 1.82) is 0 Å². The topological polar surface area (TPSA) is 24.9 Å². The average molecular weight is 206 g/mol. The maximum absolute atomic E-state index is 4.28. The van der Waals surface area contributed by atoms with E-state index < -0.39 is 0 Å². The van der Waals surface area contributed by atoms with Crippen molar-refractivity contribution >= 4 is 0 Å². The van der Waals surface area contributed by atoms with Gasteiger partial charge in [0.25, 0.3) is 0 Å². The van der Waals surface area contributed by atoms with Crippen LogP contribution in [0.15, 0.2) is 24.4 Å². The van der Waals surface area contributed by atoms with Crippen LogP contribution in [-0.2, 0) is 6.42 Å². The zero-order valence-electron chi connectivity index (χ0n) is 9.87. The number of hydrogen-bond acceptors (Lipinski definition) is 2. The first kappa shape index (κ1) is 12.2. The fraction of sp³-hybridized carbons (Fsp3) is 0.615. The standard InChI is InChI=1S/C13H22N2/c1-12(2)6-5-9-14-11-8-13-7-3-4-10-15-13/h3-4,7,10,12,14H,5-6,8-9,11H2,1-2H3. The molecule has 2 nitrogen and oxygen atoms in total. The molecule has 84 valence electrons. The fourth-order valence-corrected chi connectivity index (χ4v) is 1.52. The van der Waals surface area contributed by atoms with E-state index in [4.69, 9.17) is 0 Å². The highest BCUT2D eigenvalue weighted by Crippen LogP contribution is 2.01. The maximum atomic E-state index is 4.28. The van der Waals surface area contributed by atoms with Gasteiger partial charge < -0.3 is 5.32 Å². The van der Waals surface area contributed by atoms with E-state index in [0.29, 0.717) is 0 Å². The summed E-state index contributed by atoms with van der Waals surface area (Å²) in [5.74, 6) is 0.822. The van der Waals surface area contributed by atoms with Crippen LogP contribution >= 0.6 is 0 Å². The molecular weight excluding hydrogens is 184 g/mol. The van der Waals surface area contributed by atoms with Gasteiger partial charge >= 0.3 is 0 Å². The van der Waals surface area contributed by atoms with Crippen LogP contribution in [0.3, 0.4) is 0 Å². The van der Waals surface area contributed by atoms with E-state index >= 15 is 0 Å². The Kier molecular flexibility index (Phi) is 6.02.